The lowest BCUT2D eigenvalue weighted by Crippen LogP contribution is -2.28. The van der Waals surface area contributed by atoms with Crippen LogP contribution in [0.5, 0.6) is 0 Å². The summed E-state index contributed by atoms with van der Waals surface area (Å²) in [5.74, 6) is 5.60. The van der Waals surface area contributed by atoms with Crippen LogP contribution in [-0.4, -0.2) is 22.7 Å². The van der Waals surface area contributed by atoms with Gasteiger partial charge in [-0.15, -0.1) is 0 Å². The number of carbonyl (C=O) groups excluding carboxylic acids is 1. The molecule has 0 aliphatic carbocycles. The second kappa shape index (κ2) is 7.68. The molecular formula is C16H15N3O2. The lowest BCUT2D eigenvalue weighted by atomic mass is 10.2. The lowest BCUT2D eigenvalue weighted by Gasteiger charge is -2.07. The summed E-state index contributed by atoms with van der Waals surface area (Å²) in [6.45, 7) is 0.216. The monoisotopic (exact) mass is 281 g/mol. The quantitative estimate of drug-likeness (QED) is 0.750. The van der Waals surface area contributed by atoms with E-state index in [-0.39, 0.29) is 12.6 Å². The van der Waals surface area contributed by atoms with Gasteiger partial charge in [0.1, 0.15) is 18.1 Å². The predicted octanol–water partition coefficient (Wildman–Crippen LogP) is 1.75. The maximum atomic E-state index is 11.8. The van der Waals surface area contributed by atoms with Crippen LogP contribution in [0.3, 0.4) is 0 Å². The molecule has 5 nitrogen and oxygen atoms in total. The van der Waals surface area contributed by atoms with E-state index in [0.717, 1.165) is 5.56 Å². The molecule has 5 heteroatoms. The zero-order chi connectivity index (χ0) is 14.9. The fourth-order valence-electron chi connectivity index (χ4n) is 1.64. The van der Waals surface area contributed by atoms with Gasteiger partial charge in [0.15, 0.2) is 0 Å². The van der Waals surface area contributed by atoms with Crippen LogP contribution >= 0.6 is 0 Å². The minimum absolute atomic E-state index is 0.225. The van der Waals surface area contributed by atoms with E-state index in [9.17, 15) is 4.79 Å². The lowest BCUT2D eigenvalue weighted by molar-refractivity contribution is 0.251. The van der Waals surface area contributed by atoms with Gasteiger partial charge in [0.05, 0.1) is 0 Å². The Labute approximate surface area is 123 Å². The SMILES string of the molecule is O=C(NCc1ccccc1)Nc1cccc(C#CCO)n1. The molecule has 0 aliphatic heterocycles. The van der Waals surface area contributed by atoms with Gasteiger partial charge >= 0.3 is 6.03 Å². The van der Waals surface area contributed by atoms with Gasteiger partial charge in [-0.1, -0.05) is 42.3 Å². The van der Waals surface area contributed by atoms with Crippen LogP contribution in [0.1, 0.15) is 11.3 Å². The Balaban J connectivity index is 1.90. The molecule has 0 radical (unpaired) electrons. The van der Waals surface area contributed by atoms with Gasteiger partial charge in [0, 0.05) is 6.54 Å². The first kappa shape index (κ1) is 14.6. The Morgan fingerprint density at radius 3 is 2.71 bits per heavy atom. The van der Waals surface area contributed by atoms with E-state index < -0.39 is 0 Å². The molecule has 0 bridgehead atoms. The fraction of sp³-hybridized carbons (Fsp3) is 0.125. The number of hydrogen-bond donors (Lipinski definition) is 3. The molecule has 0 fully saturated rings. The van der Waals surface area contributed by atoms with Gasteiger partial charge in [-0.2, -0.15) is 0 Å². The van der Waals surface area contributed by atoms with Crippen molar-refractivity contribution in [1.29, 1.82) is 0 Å². The molecule has 2 amide bonds. The summed E-state index contributed by atoms with van der Waals surface area (Å²) in [6, 6.07) is 14.4. The van der Waals surface area contributed by atoms with E-state index in [4.69, 9.17) is 5.11 Å². The Bertz CT molecular complexity index is 660. The van der Waals surface area contributed by atoms with Gasteiger partial charge in [-0.25, -0.2) is 9.78 Å². The summed E-state index contributed by atoms with van der Waals surface area (Å²) in [6.07, 6.45) is 0. The van der Waals surface area contributed by atoms with Crippen LogP contribution in [0.25, 0.3) is 0 Å². The number of carbonyl (C=O) groups is 1. The Morgan fingerprint density at radius 2 is 1.95 bits per heavy atom. The summed E-state index contributed by atoms with van der Waals surface area (Å²) in [5, 5.41) is 14.0. The van der Waals surface area contributed by atoms with E-state index >= 15 is 0 Å². The third-order valence-corrected chi connectivity index (χ3v) is 2.58. The molecule has 0 atom stereocenters. The number of nitrogens with zero attached hydrogens (tertiary/aromatic N) is 1. The molecule has 0 unspecified atom stereocenters. The number of pyridine rings is 1. The number of aliphatic hydroxyl groups excluding tert-OH is 1. The highest BCUT2D eigenvalue weighted by Crippen LogP contribution is 2.04. The van der Waals surface area contributed by atoms with Crippen LogP contribution in [0.2, 0.25) is 0 Å². The molecule has 1 heterocycles. The second-order valence-corrected chi connectivity index (χ2v) is 4.16. The molecule has 1 aromatic heterocycles. The number of nitrogens with one attached hydrogen (secondary N) is 2. The third kappa shape index (κ3) is 4.97. The highest BCUT2D eigenvalue weighted by atomic mass is 16.2. The van der Waals surface area contributed by atoms with Crippen molar-refractivity contribution in [3.05, 3.63) is 59.8 Å². The predicted molar refractivity (Wildman–Crippen MR) is 80.5 cm³/mol. The van der Waals surface area contributed by atoms with Crippen molar-refractivity contribution in [3.63, 3.8) is 0 Å². The molecule has 1 aromatic carbocycles. The fourth-order valence-corrected chi connectivity index (χ4v) is 1.64. The Kier molecular flexibility index (Phi) is 5.33. The van der Waals surface area contributed by atoms with Crippen LogP contribution in [0.15, 0.2) is 48.5 Å². The van der Waals surface area contributed by atoms with Crippen LogP contribution in [0.4, 0.5) is 10.6 Å². The van der Waals surface area contributed by atoms with Gasteiger partial charge in [0.25, 0.3) is 0 Å². The van der Waals surface area contributed by atoms with Gasteiger partial charge in [-0.05, 0) is 23.6 Å². The number of aromatic nitrogens is 1. The van der Waals surface area contributed by atoms with Crippen LogP contribution < -0.4 is 10.6 Å². The first-order chi connectivity index (χ1) is 10.3. The number of amides is 2. The molecule has 0 aliphatic rings. The first-order valence-corrected chi connectivity index (χ1v) is 6.43. The van der Waals surface area contributed by atoms with Gasteiger partial charge in [-0.3, -0.25) is 5.32 Å². The maximum absolute atomic E-state index is 11.8. The summed E-state index contributed by atoms with van der Waals surface area (Å²) in [4.78, 5) is 15.9. The van der Waals surface area contributed by atoms with E-state index in [1.165, 1.54) is 0 Å². The smallest absolute Gasteiger partial charge is 0.320 e. The van der Waals surface area contributed by atoms with Crippen molar-refractivity contribution < 1.29 is 9.90 Å². The van der Waals surface area contributed by atoms with Crippen molar-refractivity contribution in [1.82, 2.24) is 10.3 Å². The molecule has 21 heavy (non-hydrogen) atoms. The van der Waals surface area contributed by atoms with Crippen molar-refractivity contribution >= 4 is 11.8 Å². The molecular weight excluding hydrogens is 266 g/mol. The highest BCUT2D eigenvalue weighted by Gasteiger charge is 2.02. The Hall–Kier alpha value is -2.84. The number of rotatable bonds is 3. The van der Waals surface area contributed by atoms with E-state index in [2.05, 4.69) is 27.5 Å². The number of aliphatic hydroxyl groups is 1. The van der Waals surface area contributed by atoms with E-state index in [1.54, 1.807) is 18.2 Å². The van der Waals surface area contributed by atoms with Crippen molar-refractivity contribution in [3.8, 4) is 11.8 Å². The minimum Gasteiger partial charge on any atom is -0.384 e. The molecule has 0 saturated carbocycles. The molecule has 2 aromatic rings. The second-order valence-electron chi connectivity index (χ2n) is 4.16. The standard InChI is InChI=1S/C16H15N3O2/c20-11-5-9-14-8-4-10-15(18-14)19-16(21)17-12-13-6-2-1-3-7-13/h1-4,6-8,10,20H,11-12H2,(H2,17,18,19,21). The van der Waals surface area contributed by atoms with Gasteiger partial charge < -0.3 is 10.4 Å². The van der Waals surface area contributed by atoms with E-state index in [0.29, 0.717) is 18.1 Å². The van der Waals surface area contributed by atoms with Crippen LogP contribution in [0, 0.1) is 11.8 Å². The third-order valence-electron chi connectivity index (χ3n) is 2.58. The normalized spacial score (nSPS) is 9.38. The van der Waals surface area contributed by atoms with Crippen molar-refractivity contribution in [2.75, 3.05) is 11.9 Å². The summed E-state index contributed by atoms with van der Waals surface area (Å²) in [5.41, 5.74) is 1.51. The molecule has 0 spiro atoms. The average Bonchev–Trinajstić information content (AvgIpc) is 2.52. The van der Waals surface area contributed by atoms with E-state index in [1.807, 2.05) is 30.3 Å². The van der Waals surface area contributed by atoms with Crippen LogP contribution in [-0.2, 0) is 6.54 Å². The number of benzene rings is 1. The van der Waals surface area contributed by atoms with Crippen molar-refractivity contribution in [2.45, 2.75) is 6.54 Å². The summed E-state index contributed by atoms with van der Waals surface area (Å²) in [7, 11) is 0. The number of anilines is 1. The van der Waals surface area contributed by atoms with Crippen molar-refractivity contribution in [2.24, 2.45) is 0 Å². The zero-order valence-corrected chi connectivity index (χ0v) is 11.3. The largest absolute Gasteiger partial charge is 0.384 e. The maximum Gasteiger partial charge on any atom is 0.320 e. The average molecular weight is 281 g/mol. The zero-order valence-electron chi connectivity index (χ0n) is 11.3. The Morgan fingerprint density at radius 1 is 1.14 bits per heavy atom. The molecule has 2 rings (SSSR count). The summed E-state index contributed by atoms with van der Waals surface area (Å²) < 4.78 is 0. The van der Waals surface area contributed by atoms with Gasteiger partial charge in [0.2, 0.25) is 0 Å². The molecule has 0 saturated heterocycles. The highest BCUT2D eigenvalue weighted by molar-refractivity contribution is 5.88. The topological polar surface area (TPSA) is 74.2 Å². The molecule has 106 valence electrons. The minimum atomic E-state index is -0.335. The number of hydrogen-bond acceptors (Lipinski definition) is 3. The molecule has 3 N–H and O–H groups in total. The first-order valence-electron chi connectivity index (χ1n) is 6.43. The summed E-state index contributed by atoms with van der Waals surface area (Å²) >= 11 is 0. The number of urea groups is 1.